The third kappa shape index (κ3) is 7.53. The van der Waals surface area contributed by atoms with Gasteiger partial charge in [-0.15, -0.1) is 0 Å². The molecule has 0 bridgehead atoms. The Kier molecular flexibility index (Phi) is 8.68. The number of carboxylic acids is 2. The molecule has 1 unspecified atom stereocenters. The van der Waals surface area contributed by atoms with Gasteiger partial charge in [-0.25, -0.2) is 29.7 Å². The molecule has 0 fully saturated rings. The number of carbonyl (C=O) groups is 3. The normalized spacial score (nSPS) is 11.3. The summed E-state index contributed by atoms with van der Waals surface area (Å²) in [6.07, 6.45) is 5.60. The first-order valence-corrected chi connectivity index (χ1v) is 11.9. The molecule has 5 rings (SSSR count). The van der Waals surface area contributed by atoms with E-state index < -0.39 is 29.4 Å². The number of carboxylic acid groups (broad SMARTS) is 2. The minimum absolute atomic E-state index is 0.0524. The molecule has 0 saturated heterocycles. The lowest BCUT2D eigenvalue weighted by molar-refractivity contribution is -0.140. The van der Waals surface area contributed by atoms with Gasteiger partial charge in [0.15, 0.2) is 16.8 Å². The zero-order valence-electron chi connectivity index (χ0n) is 21.1. The molecule has 17 heteroatoms. The molecule has 0 aliphatic carbocycles. The van der Waals surface area contributed by atoms with Crippen molar-refractivity contribution in [3.8, 4) is 0 Å². The molecule has 0 radical (unpaired) electrons. The summed E-state index contributed by atoms with van der Waals surface area (Å²) >= 11 is 0. The van der Waals surface area contributed by atoms with Gasteiger partial charge >= 0.3 is 11.9 Å². The number of fused-ring (bicyclic) bond motifs is 2. The first-order valence-electron chi connectivity index (χ1n) is 11.9. The fraction of sp³-hybridized carbons (Fsp3) is 0.167. The highest BCUT2D eigenvalue weighted by molar-refractivity contribution is 5.97. The number of H-pyrrole nitrogens is 2. The second-order valence-corrected chi connectivity index (χ2v) is 8.37. The van der Waals surface area contributed by atoms with Gasteiger partial charge in [0, 0.05) is 17.7 Å². The van der Waals surface area contributed by atoms with Crippen LogP contribution in [0.25, 0.3) is 22.3 Å². The van der Waals surface area contributed by atoms with Crippen LogP contribution in [0.5, 0.6) is 0 Å². The van der Waals surface area contributed by atoms with E-state index in [-0.39, 0.29) is 42.1 Å². The molecule has 4 heterocycles. The van der Waals surface area contributed by atoms with Crippen molar-refractivity contribution in [3.05, 3.63) is 70.9 Å². The summed E-state index contributed by atoms with van der Waals surface area (Å²) in [5.74, 6) is -3.16. The lowest BCUT2D eigenvalue weighted by Crippen LogP contribution is -2.41. The van der Waals surface area contributed by atoms with Gasteiger partial charge in [-0.05, 0) is 30.7 Å². The van der Waals surface area contributed by atoms with Crippen molar-refractivity contribution in [1.82, 2.24) is 45.2 Å². The summed E-state index contributed by atoms with van der Waals surface area (Å²) in [6.45, 7) is 0.231. The maximum atomic E-state index is 12.3. The number of nitrogen functional groups attached to an aromatic ring is 1. The molecule has 8 N–H and O–H groups in total. The average molecular weight is 562 g/mol. The maximum absolute atomic E-state index is 12.3. The Morgan fingerprint density at radius 3 is 2.49 bits per heavy atom. The molecule has 17 nitrogen and oxygen atoms in total. The number of aliphatic carboxylic acids is 2. The van der Waals surface area contributed by atoms with E-state index in [4.69, 9.17) is 15.9 Å². The third-order valence-corrected chi connectivity index (χ3v) is 5.46. The zero-order chi connectivity index (χ0) is 29.4. The summed E-state index contributed by atoms with van der Waals surface area (Å²) in [5.41, 5.74) is 8.06. The van der Waals surface area contributed by atoms with E-state index in [0.29, 0.717) is 17.0 Å². The van der Waals surface area contributed by atoms with Crippen LogP contribution >= 0.6 is 0 Å². The predicted octanol–water partition coefficient (Wildman–Crippen LogP) is 0.308. The van der Waals surface area contributed by atoms with Gasteiger partial charge in [-0.3, -0.25) is 19.4 Å². The molecule has 1 aromatic carbocycles. The second kappa shape index (κ2) is 12.7. The van der Waals surface area contributed by atoms with Crippen molar-refractivity contribution in [2.45, 2.75) is 25.4 Å². The number of imidazole rings is 1. The number of benzene rings is 1. The minimum atomic E-state index is -1.31. The van der Waals surface area contributed by atoms with Crippen molar-refractivity contribution in [2.24, 2.45) is 0 Å². The van der Waals surface area contributed by atoms with Crippen LogP contribution < -0.4 is 21.9 Å². The Bertz CT molecular complexity index is 1720. The van der Waals surface area contributed by atoms with Crippen molar-refractivity contribution in [1.29, 1.82) is 0 Å². The highest BCUT2D eigenvalue weighted by Gasteiger charge is 2.21. The maximum Gasteiger partial charge on any atom is 0.326 e. The van der Waals surface area contributed by atoms with E-state index in [2.05, 4.69) is 50.5 Å². The van der Waals surface area contributed by atoms with Crippen LogP contribution in [0.15, 0.2) is 54.1 Å². The minimum Gasteiger partial charge on any atom is -0.481 e. The van der Waals surface area contributed by atoms with Gasteiger partial charge in [-0.1, -0.05) is 0 Å². The number of hydrogen-bond acceptors (Lipinski definition) is 12. The van der Waals surface area contributed by atoms with Crippen LogP contribution in [-0.2, 0) is 16.1 Å². The Morgan fingerprint density at radius 2 is 1.78 bits per heavy atom. The summed E-state index contributed by atoms with van der Waals surface area (Å²) < 4.78 is 0. The lowest BCUT2D eigenvalue weighted by atomic mass is 10.1. The number of anilines is 2. The molecule has 1 amide bonds. The first-order chi connectivity index (χ1) is 19.7. The van der Waals surface area contributed by atoms with Gasteiger partial charge in [0.05, 0.1) is 31.0 Å². The van der Waals surface area contributed by atoms with Gasteiger partial charge in [0.1, 0.15) is 17.9 Å². The van der Waals surface area contributed by atoms with Gasteiger partial charge in [0.2, 0.25) is 5.95 Å². The molecule has 0 spiro atoms. The standard InChI is InChI=1S/C19H19N7O6.C5H4N4/c20-19-25-15-14(17(30)26-19)23-11(8-22-15)7-21-10-3-1-9(2-4-10)16(29)24-12(18(31)32)5-6-13(27)28;1-4-5(8-2-6-1)9-3-7-4/h1-4,8,12,21H,5-7H2,(H,24,29)(H,27,28)(H,31,32)(H3,20,22,25,26,30);1-3H,(H,6,7,8,9). The molecule has 210 valence electrons. The molecule has 41 heavy (non-hydrogen) atoms. The van der Waals surface area contributed by atoms with Crippen LogP contribution in [0, 0.1) is 0 Å². The van der Waals surface area contributed by atoms with E-state index in [1.54, 1.807) is 24.7 Å². The van der Waals surface area contributed by atoms with E-state index in [1.807, 2.05) is 0 Å². The number of carbonyl (C=O) groups excluding carboxylic acids is 1. The number of nitrogens with zero attached hydrogens (tertiary/aromatic N) is 6. The highest BCUT2D eigenvalue weighted by atomic mass is 16.4. The van der Waals surface area contributed by atoms with E-state index in [0.717, 1.165) is 5.52 Å². The molecular weight excluding hydrogens is 538 g/mol. The third-order valence-electron chi connectivity index (χ3n) is 5.46. The molecule has 0 saturated carbocycles. The van der Waals surface area contributed by atoms with Crippen molar-refractivity contribution < 1.29 is 24.6 Å². The fourth-order valence-electron chi connectivity index (χ4n) is 3.45. The number of aromatic nitrogens is 8. The Hall–Kier alpha value is -6.00. The summed E-state index contributed by atoms with van der Waals surface area (Å²) in [7, 11) is 0. The summed E-state index contributed by atoms with van der Waals surface area (Å²) in [5, 5.41) is 23.2. The van der Waals surface area contributed by atoms with Crippen LogP contribution in [0.3, 0.4) is 0 Å². The van der Waals surface area contributed by atoms with Crippen LogP contribution in [0.1, 0.15) is 28.9 Å². The number of amides is 1. The Labute approximate surface area is 229 Å². The molecule has 5 aromatic rings. The zero-order valence-corrected chi connectivity index (χ0v) is 21.1. The quantitative estimate of drug-likeness (QED) is 0.128. The predicted molar refractivity (Wildman–Crippen MR) is 144 cm³/mol. The largest absolute Gasteiger partial charge is 0.481 e. The SMILES string of the molecule is Nc1nc2ncc(CNc3ccc(C(=O)NC(CCC(=O)O)C(=O)O)cc3)nc2c(=O)[nH]1.c1ncc2[nH]cnc2n1. The van der Waals surface area contributed by atoms with Crippen LogP contribution in [0.2, 0.25) is 0 Å². The Morgan fingerprint density at radius 1 is 1.00 bits per heavy atom. The number of nitrogens with one attached hydrogen (secondary N) is 4. The Balaban J connectivity index is 0.000000360. The second-order valence-electron chi connectivity index (χ2n) is 8.37. The topological polar surface area (TPSA) is 268 Å². The average Bonchev–Trinajstić information content (AvgIpc) is 3.43. The number of rotatable bonds is 9. The van der Waals surface area contributed by atoms with Crippen molar-refractivity contribution in [3.63, 3.8) is 0 Å². The first kappa shape index (κ1) is 28.0. The van der Waals surface area contributed by atoms with Crippen LogP contribution in [0.4, 0.5) is 11.6 Å². The van der Waals surface area contributed by atoms with E-state index in [1.165, 1.54) is 24.7 Å². The molecule has 0 aliphatic rings. The molecule has 4 aromatic heterocycles. The number of aromatic amines is 2. The van der Waals surface area contributed by atoms with Gasteiger partial charge < -0.3 is 31.6 Å². The lowest BCUT2D eigenvalue weighted by Gasteiger charge is -2.14. The number of hydrogen-bond donors (Lipinski definition) is 7. The highest BCUT2D eigenvalue weighted by Crippen LogP contribution is 2.12. The van der Waals surface area contributed by atoms with Crippen LogP contribution in [-0.4, -0.2) is 74.0 Å². The summed E-state index contributed by atoms with van der Waals surface area (Å²) in [6, 6.07) is 4.86. The summed E-state index contributed by atoms with van der Waals surface area (Å²) in [4.78, 5) is 75.0. The smallest absolute Gasteiger partial charge is 0.326 e. The monoisotopic (exact) mass is 561 g/mol. The van der Waals surface area contributed by atoms with E-state index in [9.17, 15) is 19.2 Å². The number of nitrogens with two attached hydrogens (primary N) is 1. The molecular formula is C24H23N11O6. The van der Waals surface area contributed by atoms with Crippen molar-refractivity contribution in [2.75, 3.05) is 11.1 Å². The molecule has 0 aliphatic heterocycles. The fourth-order valence-corrected chi connectivity index (χ4v) is 3.45. The van der Waals surface area contributed by atoms with Gasteiger partial charge in [0.25, 0.3) is 11.5 Å². The van der Waals surface area contributed by atoms with Crippen molar-refractivity contribution >= 4 is 51.8 Å². The van der Waals surface area contributed by atoms with E-state index >= 15 is 0 Å². The molecule has 1 atom stereocenters. The van der Waals surface area contributed by atoms with Gasteiger partial charge in [-0.2, -0.15) is 4.98 Å².